The second-order valence-corrected chi connectivity index (χ2v) is 4.21. The van der Waals surface area contributed by atoms with Crippen LogP contribution in [0.5, 0.6) is 0 Å². The van der Waals surface area contributed by atoms with Gasteiger partial charge in [0.15, 0.2) is 5.78 Å². The van der Waals surface area contributed by atoms with Crippen molar-refractivity contribution in [2.45, 2.75) is 0 Å². The molecule has 0 aliphatic heterocycles. The number of aliphatic hydroxyl groups excluding tert-OH is 1. The number of hydrogen-bond donors (Lipinski definition) is 1. The Kier molecular flexibility index (Phi) is 5.18. The van der Waals surface area contributed by atoms with Crippen LogP contribution in [0.25, 0.3) is 12.2 Å². The molecule has 0 amide bonds. The Morgan fingerprint density at radius 2 is 1.52 bits per heavy atom. The molecule has 1 N–H and O–H groups in total. The molecule has 0 fully saturated rings. The Labute approximate surface area is 122 Å². The highest BCUT2D eigenvalue weighted by molar-refractivity contribution is 6.02. The zero-order valence-corrected chi connectivity index (χ0v) is 11.3. The highest BCUT2D eigenvalue weighted by atomic mass is 16.3. The smallest absolute Gasteiger partial charge is 0.182 e. The second kappa shape index (κ2) is 7.55. The average Bonchev–Trinajstić information content (AvgIpc) is 2.53. The number of ketones is 1. The maximum absolute atomic E-state index is 11.6. The molecule has 0 radical (unpaired) electrons. The number of aromatic nitrogens is 2. The first-order valence-electron chi connectivity index (χ1n) is 6.35. The van der Waals surface area contributed by atoms with Crippen molar-refractivity contribution >= 4 is 17.9 Å². The first-order chi connectivity index (χ1) is 10.2. The van der Waals surface area contributed by atoms with E-state index in [1.54, 1.807) is 49.1 Å². The summed E-state index contributed by atoms with van der Waals surface area (Å²) in [7, 11) is 0. The Morgan fingerprint density at radius 1 is 0.952 bits per heavy atom. The van der Waals surface area contributed by atoms with E-state index in [4.69, 9.17) is 0 Å². The number of rotatable bonds is 5. The molecule has 0 atom stereocenters. The van der Waals surface area contributed by atoms with Gasteiger partial charge in [-0.3, -0.25) is 14.8 Å². The summed E-state index contributed by atoms with van der Waals surface area (Å²) in [6.07, 6.45) is 13.9. The van der Waals surface area contributed by atoms with Crippen LogP contribution in [0.2, 0.25) is 0 Å². The van der Waals surface area contributed by atoms with Gasteiger partial charge in [-0.25, -0.2) is 0 Å². The van der Waals surface area contributed by atoms with E-state index in [0.29, 0.717) is 0 Å². The van der Waals surface area contributed by atoms with E-state index in [2.05, 4.69) is 9.97 Å². The Balaban J connectivity index is 1.97. The number of carbonyl (C=O) groups excluding carboxylic acids is 1. The molecular weight excluding hydrogens is 264 g/mol. The third-order valence-corrected chi connectivity index (χ3v) is 2.55. The van der Waals surface area contributed by atoms with Crippen molar-refractivity contribution in [1.29, 1.82) is 0 Å². The Hall–Kier alpha value is -3.01. The molecule has 0 aliphatic rings. The van der Waals surface area contributed by atoms with E-state index >= 15 is 0 Å². The van der Waals surface area contributed by atoms with Crippen LogP contribution in [0.15, 0.2) is 73.0 Å². The van der Waals surface area contributed by atoms with Crippen molar-refractivity contribution in [2.24, 2.45) is 0 Å². The van der Waals surface area contributed by atoms with Crippen LogP contribution in [0.1, 0.15) is 11.1 Å². The molecule has 4 heteroatoms. The lowest BCUT2D eigenvalue weighted by molar-refractivity contribution is -0.110. The third kappa shape index (κ3) is 5.24. The first-order valence-corrected chi connectivity index (χ1v) is 6.35. The van der Waals surface area contributed by atoms with Gasteiger partial charge in [0.2, 0.25) is 0 Å². The zero-order chi connectivity index (χ0) is 14.9. The molecule has 0 aliphatic carbocycles. The lowest BCUT2D eigenvalue weighted by Crippen LogP contribution is -1.88. The summed E-state index contributed by atoms with van der Waals surface area (Å²) in [5.41, 5.74) is 1.67. The molecule has 0 unspecified atom stereocenters. The van der Waals surface area contributed by atoms with Crippen molar-refractivity contribution in [2.75, 3.05) is 0 Å². The number of hydrogen-bond acceptors (Lipinski definition) is 4. The summed E-state index contributed by atoms with van der Waals surface area (Å²) in [5, 5.41) is 9.66. The topological polar surface area (TPSA) is 63.1 Å². The van der Waals surface area contributed by atoms with Crippen LogP contribution in [-0.2, 0) is 4.79 Å². The van der Waals surface area contributed by atoms with Crippen molar-refractivity contribution < 1.29 is 9.90 Å². The zero-order valence-electron chi connectivity index (χ0n) is 11.3. The number of nitrogens with zero attached hydrogens (tertiary/aromatic N) is 2. The fourth-order valence-corrected chi connectivity index (χ4v) is 1.55. The number of carbonyl (C=O) groups is 1. The highest BCUT2D eigenvalue weighted by Crippen LogP contribution is 2.03. The summed E-state index contributed by atoms with van der Waals surface area (Å²) in [6.45, 7) is 0. The van der Waals surface area contributed by atoms with Gasteiger partial charge in [-0.1, -0.05) is 12.1 Å². The maximum Gasteiger partial charge on any atom is 0.182 e. The molecule has 2 heterocycles. The Bertz CT molecular complexity index is 674. The van der Waals surface area contributed by atoms with Gasteiger partial charge in [0.1, 0.15) is 5.76 Å². The van der Waals surface area contributed by atoms with Crippen molar-refractivity contribution in [3.8, 4) is 0 Å². The minimum atomic E-state index is -0.299. The van der Waals surface area contributed by atoms with Crippen LogP contribution in [0.4, 0.5) is 0 Å². The lowest BCUT2D eigenvalue weighted by atomic mass is 10.2. The Morgan fingerprint density at radius 3 is 2.05 bits per heavy atom. The molecule has 0 saturated heterocycles. The molecule has 0 saturated carbocycles. The SMILES string of the molecule is O=C(C=C(O)/C=C/c1cccnc1)/C=C/c1cccnc1. The number of allylic oxidation sites excluding steroid dienone is 3. The van der Waals surface area contributed by atoms with Crippen LogP contribution in [-0.4, -0.2) is 20.9 Å². The molecule has 2 aromatic rings. The minimum Gasteiger partial charge on any atom is -0.508 e. The molecule has 2 rings (SSSR count). The van der Waals surface area contributed by atoms with Crippen LogP contribution in [0.3, 0.4) is 0 Å². The molecule has 2 aromatic heterocycles. The van der Waals surface area contributed by atoms with Gasteiger partial charge >= 0.3 is 0 Å². The summed E-state index contributed by atoms with van der Waals surface area (Å²) in [6, 6.07) is 7.26. The molecular formula is C17H14N2O2. The molecule has 0 spiro atoms. The predicted molar refractivity (Wildman–Crippen MR) is 82.3 cm³/mol. The summed E-state index contributed by atoms with van der Waals surface area (Å²) in [4.78, 5) is 19.5. The summed E-state index contributed by atoms with van der Waals surface area (Å²) < 4.78 is 0. The van der Waals surface area contributed by atoms with Crippen LogP contribution >= 0.6 is 0 Å². The molecule has 0 aromatic carbocycles. The van der Waals surface area contributed by atoms with Gasteiger partial charge < -0.3 is 5.11 Å². The van der Waals surface area contributed by atoms with Crippen molar-refractivity contribution in [3.63, 3.8) is 0 Å². The molecule has 4 nitrogen and oxygen atoms in total. The summed E-state index contributed by atoms with van der Waals surface area (Å²) in [5.74, 6) is -0.410. The maximum atomic E-state index is 11.6. The minimum absolute atomic E-state index is 0.111. The second-order valence-electron chi connectivity index (χ2n) is 4.21. The fourth-order valence-electron chi connectivity index (χ4n) is 1.55. The van der Waals surface area contributed by atoms with E-state index in [0.717, 1.165) is 17.2 Å². The van der Waals surface area contributed by atoms with E-state index < -0.39 is 0 Å². The fraction of sp³-hybridized carbons (Fsp3) is 0. The molecule has 21 heavy (non-hydrogen) atoms. The van der Waals surface area contributed by atoms with Crippen LogP contribution < -0.4 is 0 Å². The third-order valence-electron chi connectivity index (χ3n) is 2.55. The largest absolute Gasteiger partial charge is 0.508 e. The lowest BCUT2D eigenvalue weighted by Gasteiger charge is -1.92. The van der Waals surface area contributed by atoms with Gasteiger partial charge in [0.25, 0.3) is 0 Å². The highest BCUT2D eigenvalue weighted by Gasteiger charge is 1.94. The van der Waals surface area contributed by atoms with Crippen LogP contribution in [0, 0.1) is 0 Å². The van der Waals surface area contributed by atoms with Crippen molar-refractivity contribution in [1.82, 2.24) is 9.97 Å². The van der Waals surface area contributed by atoms with Crippen molar-refractivity contribution in [3.05, 3.63) is 84.2 Å². The van der Waals surface area contributed by atoms with E-state index in [-0.39, 0.29) is 11.5 Å². The van der Waals surface area contributed by atoms with E-state index in [1.165, 1.54) is 12.2 Å². The normalized spacial score (nSPS) is 12.1. The number of aliphatic hydroxyl groups is 1. The monoisotopic (exact) mass is 278 g/mol. The van der Waals surface area contributed by atoms with Gasteiger partial charge in [0.05, 0.1) is 0 Å². The van der Waals surface area contributed by atoms with Gasteiger partial charge in [0, 0.05) is 30.9 Å². The molecule has 104 valence electrons. The summed E-state index contributed by atoms with van der Waals surface area (Å²) >= 11 is 0. The first kappa shape index (κ1) is 14.4. The predicted octanol–water partition coefficient (Wildman–Crippen LogP) is 3.21. The molecule has 0 bridgehead atoms. The van der Waals surface area contributed by atoms with Gasteiger partial charge in [-0.15, -0.1) is 0 Å². The van der Waals surface area contributed by atoms with E-state index in [1.807, 2.05) is 12.1 Å². The average molecular weight is 278 g/mol. The van der Waals surface area contributed by atoms with Gasteiger partial charge in [-0.2, -0.15) is 0 Å². The quantitative estimate of drug-likeness (QED) is 0.518. The number of pyridine rings is 2. The standard InChI is InChI=1S/C17H14N2O2/c20-16(7-5-14-3-1-9-18-12-14)11-17(21)8-6-15-4-2-10-19-13-15/h1-13,20H/b7-5+,8-6+,16-11?. The van der Waals surface area contributed by atoms with Gasteiger partial charge in [-0.05, 0) is 47.6 Å². The van der Waals surface area contributed by atoms with E-state index in [9.17, 15) is 9.90 Å².